The number of benzene rings is 1. The molecule has 3 heterocycles. The van der Waals surface area contributed by atoms with Gasteiger partial charge in [-0.05, 0) is 30.2 Å². The molecule has 3 amide bonds. The first kappa shape index (κ1) is 21.6. The van der Waals surface area contributed by atoms with Gasteiger partial charge < -0.3 is 9.80 Å². The third kappa shape index (κ3) is 4.83. The van der Waals surface area contributed by atoms with Gasteiger partial charge in [-0.25, -0.2) is 0 Å². The maximum Gasteiger partial charge on any atom is 0.255 e. The summed E-state index contributed by atoms with van der Waals surface area (Å²) in [6.45, 7) is 11.8. The van der Waals surface area contributed by atoms with Crippen LogP contribution in [0.25, 0.3) is 0 Å². The minimum Gasteiger partial charge on any atom is -0.369 e. The molecule has 0 bridgehead atoms. The number of imide groups is 1. The lowest BCUT2D eigenvalue weighted by Crippen LogP contribution is -2.52. The Morgan fingerprint density at radius 2 is 1.84 bits per heavy atom. The third-order valence-corrected chi connectivity index (χ3v) is 6.94. The average Bonchev–Trinajstić information content (AvgIpc) is 3.03. The van der Waals surface area contributed by atoms with Crippen molar-refractivity contribution in [1.29, 1.82) is 0 Å². The quantitative estimate of drug-likeness (QED) is 0.439. The van der Waals surface area contributed by atoms with E-state index in [2.05, 4.69) is 52.3 Å². The molecule has 4 rings (SSSR count). The van der Waals surface area contributed by atoms with E-state index in [1.54, 1.807) is 4.90 Å². The first-order valence-corrected chi connectivity index (χ1v) is 14.5. The molecule has 3 aliphatic heterocycles. The van der Waals surface area contributed by atoms with Crippen molar-refractivity contribution in [3.05, 3.63) is 29.3 Å². The molecule has 1 atom stereocenters. The number of fused-ring (bicyclic) bond motifs is 1. The number of anilines is 1. The predicted molar refractivity (Wildman–Crippen MR) is 122 cm³/mol. The summed E-state index contributed by atoms with van der Waals surface area (Å²) in [5.41, 5.74) is 6.16. The summed E-state index contributed by atoms with van der Waals surface area (Å²) in [5, 5.41) is 2.35. The molecular weight excluding hydrogens is 408 g/mol. The maximum absolute atomic E-state index is 12.9. The van der Waals surface area contributed by atoms with Gasteiger partial charge in [0.1, 0.15) is 14.1 Å². The zero-order valence-corrected chi connectivity index (χ0v) is 19.5. The van der Waals surface area contributed by atoms with Gasteiger partial charge in [0, 0.05) is 50.4 Å². The van der Waals surface area contributed by atoms with Gasteiger partial charge in [-0.1, -0.05) is 25.6 Å². The van der Waals surface area contributed by atoms with Gasteiger partial charge in [-0.2, -0.15) is 0 Å². The Hall–Kier alpha value is -2.63. The van der Waals surface area contributed by atoms with Gasteiger partial charge in [0.2, 0.25) is 11.8 Å². The molecule has 7 nitrogen and oxygen atoms in total. The van der Waals surface area contributed by atoms with E-state index in [4.69, 9.17) is 0 Å². The first-order valence-electron chi connectivity index (χ1n) is 11.0. The van der Waals surface area contributed by atoms with Gasteiger partial charge in [0.15, 0.2) is 0 Å². The molecule has 0 spiro atoms. The number of amides is 3. The highest BCUT2D eigenvalue weighted by Crippen LogP contribution is 2.30. The van der Waals surface area contributed by atoms with Crippen LogP contribution in [0.2, 0.25) is 19.6 Å². The Morgan fingerprint density at radius 1 is 1.10 bits per heavy atom. The first-order chi connectivity index (χ1) is 14.7. The largest absolute Gasteiger partial charge is 0.369 e. The Labute approximate surface area is 184 Å². The lowest BCUT2D eigenvalue weighted by molar-refractivity contribution is -0.136. The molecule has 31 heavy (non-hydrogen) atoms. The molecule has 0 radical (unpaired) electrons. The normalized spacial score (nSPS) is 22.2. The lowest BCUT2D eigenvalue weighted by atomic mass is 10.0. The fourth-order valence-electron chi connectivity index (χ4n) is 4.34. The van der Waals surface area contributed by atoms with Crippen molar-refractivity contribution in [3.8, 4) is 11.5 Å². The predicted octanol–water partition coefficient (Wildman–Crippen LogP) is 1.45. The molecule has 1 N–H and O–H groups in total. The number of hydrogen-bond donors (Lipinski definition) is 1. The van der Waals surface area contributed by atoms with Crippen LogP contribution in [0, 0.1) is 11.5 Å². The second-order valence-corrected chi connectivity index (χ2v) is 14.3. The van der Waals surface area contributed by atoms with E-state index in [0.29, 0.717) is 18.5 Å². The monoisotopic (exact) mass is 438 g/mol. The van der Waals surface area contributed by atoms with E-state index in [9.17, 15) is 14.4 Å². The topological polar surface area (TPSA) is 73.0 Å². The van der Waals surface area contributed by atoms with Crippen LogP contribution in [0.1, 0.15) is 28.8 Å². The van der Waals surface area contributed by atoms with Crippen LogP contribution in [0.5, 0.6) is 0 Å². The molecule has 3 aliphatic rings. The van der Waals surface area contributed by atoms with E-state index in [0.717, 1.165) is 44.0 Å². The van der Waals surface area contributed by atoms with Crippen LogP contribution in [0.15, 0.2) is 18.2 Å². The molecule has 1 aromatic rings. The number of carbonyl (C=O) groups is 3. The second-order valence-electron chi connectivity index (χ2n) is 9.56. The molecule has 2 saturated heterocycles. The Balaban J connectivity index is 1.38. The number of rotatable bonds is 3. The lowest BCUT2D eigenvalue weighted by Gasteiger charge is -2.35. The second kappa shape index (κ2) is 8.48. The fraction of sp³-hybridized carbons (Fsp3) is 0.522. The molecule has 164 valence electrons. The van der Waals surface area contributed by atoms with E-state index >= 15 is 0 Å². The summed E-state index contributed by atoms with van der Waals surface area (Å²) in [6, 6.07) is 5.40. The summed E-state index contributed by atoms with van der Waals surface area (Å²) in [5.74, 6) is 2.60. The van der Waals surface area contributed by atoms with Crippen molar-refractivity contribution in [2.75, 3.05) is 37.6 Å². The Bertz CT molecular complexity index is 967. The summed E-state index contributed by atoms with van der Waals surface area (Å²) in [6.07, 6.45) is 0.661. The van der Waals surface area contributed by atoms with Crippen molar-refractivity contribution in [2.24, 2.45) is 0 Å². The minimum atomic E-state index is -1.32. The van der Waals surface area contributed by atoms with Gasteiger partial charge in [-0.3, -0.25) is 24.6 Å². The zero-order chi connectivity index (χ0) is 22.2. The van der Waals surface area contributed by atoms with Crippen molar-refractivity contribution in [3.63, 3.8) is 0 Å². The van der Waals surface area contributed by atoms with E-state index in [1.165, 1.54) is 0 Å². The Morgan fingerprint density at radius 3 is 2.52 bits per heavy atom. The standard InChI is InChI=1S/C23H30N4O3Si/c1-31(2,3)14-4-9-25-10-12-26(13-11-25)18-5-6-19-17(15-18)16-27(23(19)30)20-7-8-21(28)24-22(20)29/h5-6,15,20H,7-13,16H2,1-3H3,(H,24,28,29). The van der Waals surface area contributed by atoms with Gasteiger partial charge in [-0.15, -0.1) is 5.54 Å². The van der Waals surface area contributed by atoms with Crippen LogP contribution in [-0.2, 0) is 16.1 Å². The van der Waals surface area contributed by atoms with Crippen LogP contribution in [-0.4, -0.2) is 74.4 Å². The molecule has 1 aromatic carbocycles. The molecular formula is C23H30N4O3Si. The van der Waals surface area contributed by atoms with Gasteiger partial charge in [0.05, 0.1) is 6.54 Å². The highest BCUT2D eigenvalue weighted by atomic mass is 28.3. The molecule has 2 fully saturated rings. The third-order valence-electron chi connectivity index (χ3n) is 6.01. The summed E-state index contributed by atoms with van der Waals surface area (Å²) < 4.78 is 0. The van der Waals surface area contributed by atoms with Crippen LogP contribution < -0.4 is 10.2 Å². The van der Waals surface area contributed by atoms with Crippen LogP contribution >= 0.6 is 0 Å². The highest BCUT2D eigenvalue weighted by molar-refractivity contribution is 6.83. The van der Waals surface area contributed by atoms with Gasteiger partial charge in [0.25, 0.3) is 5.91 Å². The fourth-order valence-corrected chi connectivity index (χ4v) is 4.95. The molecule has 0 aliphatic carbocycles. The minimum absolute atomic E-state index is 0.123. The van der Waals surface area contributed by atoms with Crippen molar-refractivity contribution >= 4 is 31.5 Å². The molecule has 8 heteroatoms. The summed E-state index contributed by atoms with van der Waals surface area (Å²) in [4.78, 5) is 42.8. The number of hydrogen-bond acceptors (Lipinski definition) is 5. The molecule has 0 saturated carbocycles. The van der Waals surface area contributed by atoms with Crippen LogP contribution in [0.4, 0.5) is 5.69 Å². The SMILES string of the molecule is C[Si](C)(C)C#CCN1CCN(c2ccc3c(c2)CN(C2CCC(=O)NC2=O)C3=O)CC1. The highest BCUT2D eigenvalue weighted by Gasteiger charge is 2.39. The Kier molecular flexibility index (Phi) is 5.91. The van der Waals surface area contributed by atoms with Gasteiger partial charge >= 0.3 is 0 Å². The number of nitrogens with zero attached hydrogens (tertiary/aromatic N) is 3. The average molecular weight is 439 g/mol. The van der Waals surface area contributed by atoms with Crippen molar-refractivity contribution in [1.82, 2.24) is 15.1 Å². The smallest absolute Gasteiger partial charge is 0.255 e. The molecule has 0 aromatic heterocycles. The maximum atomic E-state index is 12.9. The summed E-state index contributed by atoms with van der Waals surface area (Å²) >= 11 is 0. The summed E-state index contributed by atoms with van der Waals surface area (Å²) in [7, 11) is -1.32. The number of piperazine rings is 1. The van der Waals surface area contributed by atoms with E-state index in [-0.39, 0.29) is 24.1 Å². The van der Waals surface area contributed by atoms with E-state index < -0.39 is 14.1 Å². The van der Waals surface area contributed by atoms with Crippen LogP contribution in [0.3, 0.4) is 0 Å². The molecule has 1 unspecified atom stereocenters. The number of carbonyl (C=O) groups excluding carboxylic acids is 3. The number of piperidine rings is 1. The van der Waals surface area contributed by atoms with Crippen molar-refractivity contribution < 1.29 is 14.4 Å². The van der Waals surface area contributed by atoms with E-state index in [1.807, 2.05) is 12.1 Å². The van der Waals surface area contributed by atoms with Crippen molar-refractivity contribution in [2.45, 2.75) is 45.1 Å². The zero-order valence-electron chi connectivity index (χ0n) is 18.5. The number of nitrogens with one attached hydrogen (secondary N) is 1.